The molecule has 4 heterocycles. The molecule has 2 aliphatic rings. The van der Waals surface area contributed by atoms with Crippen molar-refractivity contribution in [3.8, 4) is 22.1 Å². The van der Waals surface area contributed by atoms with E-state index in [9.17, 15) is 0 Å². The van der Waals surface area contributed by atoms with Gasteiger partial charge in [-0.2, -0.15) is 0 Å². The zero-order chi connectivity index (χ0) is 16.6. The van der Waals surface area contributed by atoms with Crippen molar-refractivity contribution in [2.75, 3.05) is 24.5 Å². The Morgan fingerprint density at radius 1 is 1.00 bits per heavy atom. The summed E-state index contributed by atoms with van der Waals surface area (Å²) in [6.45, 7) is 4.98. The summed E-state index contributed by atoms with van der Waals surface area (Å²) in [5.41, 5.74) is 3.40. The Morgan fingerprint density at radius 3 is 2.62 bits per heavy atom. The molecular weight excluding hydrogens is 368 g/mol. The molecule has 1 saturated heterocycles. The van der Waals surface area contributed by atoms with Gasteiger partial charge in [-0.15, -0.1) is 33.9 Å². The molecule has 8 heteroatoms. The summed E-state index contributed by atoms with van der Waals surface area (Å²) < 4.78 is 2.17. The summed E-state index contributed by atoms with van der Waals surface area (Å²) >= 11 is 1.67. The maximum atomic E-state index is 4.82. The molecule has 6 nitrogen and oxygen atoms in total. The molecule has 5 rings (SSSR count). The van der Waals surface area contributed by atoms with Crippen molar-refractivity contribution in [2.45, 2.75) is 25.9 Å². The molecule has 0 atom stereocenters. The van der Waals surface area contributed by atoms with Crippen LogP contribution in [0.5, 0.6) is 0 Å². The first-order valence-corrected chi connectivity index (χ1v) is 9.70. The van der Waals surface area contributed by atoms with Crippen molar-refractivity contribution < 1.29 is 0 Å². The topological polar surface area (TPSA) is 58.9 Å². The van der Waals surface area contributed by atoms with E-state index in [1.54, 1.807) is 11.3 Å². The zero-order valence-corrected chi connectivity index (χ0v) is 16.0. The lowest BCUT2D eigenvalue weighted by atomic mass is 10.2. The average Bonchev–Trinajstić information content (AvgIpc) is 3.41. The van der Waals surface area contributed by atoms with Crippen LogP contribution >= 0.6 is 23.7 Å². The van der Waals surface area contributed by atoms with Crippen LogP contribution in [0.1, 0.15) is 18.7 Å². The van der Waals surface area contributed by atoms with Crippen molar-refractivity contribution in [1.82, 2.24) is 25.1 Å². The lowest BCUT2D eigenvalue weighted by Gasteiger charge is -2.17. The molecule has 136 valence electrons. The van der Waals surface area contributed by atoms with Crippen LogP contribution in [0, 0.1) is 0 Å². The van der Waals surface area contributed by atoms with Gasteiger partial charge in [0.15, 0.2) is 5.82 Å². The number of hydrogen-bond acceptors (Lipinski definition) is 6. The molecule has 2 aliphatic heterocycles. The molecule has 0 bridgehead atoms. The first-order valence-electron chi connectivity index (χ1n) is 8.82. The van der Waals surface area contributed by atoms with Gasteiger partial charge in [0.1, 0.15) is 16.5 Å². The summed E-state index contributed by atoms with van der Waals surface area (Å²) in [4.78, 5) is 7.27. The molecule has 2 aromatic heterocycles. The second-order valence-electron chi connectivity index (χ2n) is 6.55. The predicted molar refractivity (Wildman–Crippen MR) is 107 cm³/mol. The Labute approximate surface area is 162 Å². The van der Waals surface area contributed by atoms with E-state index >= 15 is 0 Å². The number of nitrogens with one attached hydrogen (secondary N) is 1. The van der Waals surface area contributed by atoms with Gasteiger partial charge in [-0.3, -0.25) is 0 Å². The minimum atomic E-state index is 0. The van der Waals surface area contributed by atoms with Crippen molar-refractivity contribution in [2.24, 2.45) is 0 Å². The fourth-order valence-electron chi connectivity index (χ4n) is 3.58. The number of aromatic nitrogens is 4. The Bertz CT molecular complexity index is 881. The molecule has 3 aromatic rings. The van der Waals surface area contributed by atoms with E-state index in [1.807, 2.05) is 0 Å². The fraction of sp³-hybridized carbons (Fsp3) is 0.389. The minimum absolute atomic E-state index is 0. The van der Waals surface area contributed by atoms with Crippen LogP contribution in [0.4, 0.5) is 5.69 Å². The normalized spacial score (nSPS) is 16.4. The third kappa shape index (κ3) is 3.11. The van der Waals surface area contributed by atoms with Gasteiger partial charge in [-0.05, 0) is 37.1 Å². The van der Waals surface area contributed by atoms with Gasteiger partial charge in [-0.1, -0.05) is 0 Å². The predicted octanol–water partition coefficient (Wildman–Crippen LogP) is 3.19. The smallest absolute Gasteiger partial charge is 0.183 e. The SMILES string of the molecule is Cl.c1cc(N2CCCC2)ccc1-c1nc(-c2nnc3n2CCNC3)cs1. The number of rotatable bonds is 3. The highest BCUT2D eigenvalue weighted by Crippen LogP contribution is 2.30. The van der Waals surface area contributed by atoms with Crippen LogP contribution in [0.25, 0.3) is 22.1 Å². The van der Waals surface area contributed by atoms with Crippen LogP contribution in [0.3, 0.4) is 0 Å². The molecule has 1 fully saturated rings. The van der Waals surface area contributed by atoms with Crippen LogP contribution in [-0.4, -0.2) is 39.4 Å². The minimum Gasteiger partial charge on any atom is -0.372 e. The van der Waals surface area contributed by atoms with Gasteiger partial charge in [0.05, 0.1) is 6.54 Å². The van der Waals surface area contributed by atoms with E-state index in [-0.39, 0.29) is 12.4 Å². The zero-order valence-electron chi connectivity index (χ0n) is 14.4. The standard InChI is InChI=1S/C18H20N6S.ClH/c1-2-9-23(8-1)14-5-3-13(4-6-14)18-20-15(12-25-18)17-22-21-16-11-19-7-10-24(16)17;/h3-6,12,19H,1-2,7-11H2;1H. The second kappa shape index (κ2) is 7.34. The summed E-state index contributed by atoms with van der Waals surface area (Å²) in [5, 5.41) is 15.1. The molecule has 0 amide bonds. The molecule has 0 radical (unpaired) electrons. The van der Waals surface area contributed by atoms with Crippen LogP contribution < -0.4 is 10.2 Å². The summed E-state index contributed by atoms with van der Waals surface area (Å²) in [6, 6.07) is 8.79. The maximum absolute atomic E-state index is 4.82. The molecule has 1 aromatic carbocycles. The van der Waals surface area contributed by atoms with E-state index in [2.05, 4.69) is 54.6 Å². The quantitative estimate of drug-likeness (QED) is 0.746. The number of fused-ring (bicyclic) bond motifs is 1. The molecular formula is C18H21ClN6S. The average molecular weight is 389 g/mol. The highest BCUT2D eigenvalue weighted by atomic mass is 35.5. The van der Waals surface area contributed by atoms with Crippen molar-refractivity contribution >= 4 is 29.4 Å². The van der Waals surface area contributed by atoms with E-state index in [1.165, 1.54) is 37.2 Å². The van der Waals surface area contributed by atoms with E-state index < -0.39 is 0 Å². The van der Waals surface area contributed by atoms with Gasteiger partial charge in [0.25, 0.3) is 0 Å². The first-order chi connectivity index (χ1) is 12.4. The fourth-order valence-corrected chi connectivity index (χ4v) is 4.39. The van der Waals surface area contributed by atoms with E-state index in [4.69, 9.17) is 4.98 Å². The van der Waals surface area contributed by atoms with Gasteiger partial charge >= 0.3 is 0 Å². The van der Waals surface area contributed by atoms with E-state index in [0.717, 1.165) is 42.0 Å². The first kappa shape index (κ1) is 17.5. The molecule has 0 saturated carbocycles. The number of benzene rings is 1. The van der Waals surface area contributed by atoms with Crippen LogP contribution in [-0.2, 0) is 13.1 Å². The molecule has 26 heavy (non-hydrogen) atoms. The molecule has 0 spiro atoms. The number of hydrogen-bond donors (Lipinski definition) is 1. The van der Waals surface area contributed by atoms with E-state index in [0.29, 0.717) is 0 Å². The van der Waals surface area contributed by atoms with Crippen molar-refractivity contribution in [3.05, 3.63) is 35.5 Å². The maximum Gasteiger partial charge on any atom is 0.183 e. The Morgan fingerprint density at radius 2 is 1.81 bits per heavy atom. The van der Waals surface area contributed by atoms with Crippen molar-refractivity contribution in [3.63, 3.8) is 0 Å². The lowest BCUT2D eigenvalue weighted by Crippen LogP contribution is -2.28. The molecule has 0 unspecified atom stereocenters. The second-order valence-corrected chi connectivity index (χ2v) is 7.41. The van der Waals surface area contributed by atoms with Gasteiger partial charge in [-0.25, -0.2) is 4.98 Å². The number of halogens is 1. The highest BCUT2D eigenvalue weighted by Gasteiger charge is 2.19. The number of anilines is 1. The third-order valence-corrected chi connectivity index (χ3v) is 5.83. The van der Waals surface area contributed by atoms with Crippen LogP contribution in [0.15, 0.2) is 29.6 Å². The third-order valence-electron chi connectivity index (χ3n) is 4.94. The Balaban J connectivity index is 0.00000168. The van der Waals surface area contributed by atoms with Gasteiger partial charge in [0, 0.05) is 42.8 Å². The van der Waals surface area contributed by atoms with Gasteiger partial charge in [0.2, 0.25) is 0 Å². The largest absolute Gasteiger partial charge is 0.372 e. The monoisotopic (exact) mass is 388 g/mol. The number of nitrogens with zero attached hydrogens (tertiary/aromatic N) is 5. The van der Waals surface area contributed by atoms with Crippen LogP contribution in [0.2, 0.25) is 0 Å². The van der Waals surface area contributed by atoms with Gasteiger partial charge < -0.3 is 14.8 Å². The van der Waals surface area contributed by atoms with Crippen molar-refractivity contribution in [1.29, 1.82) is 0 Å². The Kier molecular flexibility index (Phi) is 4.93. The summed E-state index contributed by atoms with van der Waals surface area (Å²) in [5.74, 6) is 1.87. The summed E-state index contributed by atoms with van der Waals surface area (Å²) in [7, 11) is 0. The lowest BCUT2D eigenvalue weighted by molar-refractivity contribution is 0.508. The Hall–Kier alpha value is -1.96. The summed E-state index contributed by atoms with van der Waals surface area (Å²) in [6.07, 6.45) is 2.60. The molecule has 1 N–H and O–H groups in total. The number of thiazole rings is 1. The molecule has 0 aliphatic carbocycles. The highest BCUT2D eigenvalue weighted by molar-refractivity contribution is 7.13.